The number of carbonyl (C=O) groups is 3. The van der Waals surface area contributed by atoms with Crippen LogP contribution in [0.4, 0.5) is 4.79 Å². The van der Waals surface area contributed by atoms with Gasteiger partial charge in [-0.3, -0.25) is 4.79 Å². The molecule has 33 heavy (non-hydrogen) atoms. The lowest BCUT2D eigenvalue weighted by Crippen LogP contribution is -2.59. The van der Waals surface area contributed by atoms with Crippen molar-refractivity contribution in [3.05, 3.63) is 59.7 Å². The molecule has 0 saturated carbocycles. The predicted molar refractivity (Wildman–Crippen MR) is 126 cm³/mol. The van der Waals surface area contributed by atoms with Crippen molar-refractivity contribution >= 4 is 18.0 Å². The van der Waals surface area contributed by atoms with Crippen LogP contribution in [0.1, 0.15) is 63.5 Å². The van der Waals surface area contributed by atoms with Crippen molar-refractivity contribution in [3.8, 4) is 11.1 Å². The first-order valence-corrected chi connectivity index (χ1v) is 11.5. The first-order chi connectivity index (χ1) is 15.8. The Morgan fingerprint density at radius 2 is 1.58 bits per heavy atom. The van der Waals surface area contributed by atoms with Crippen LogP contribution in [-0.2, 0) is 14.3 Å². The normalized spacial score (nSPS) is 15.0. The third kappa shape index (κ3) is 5.35. The zero-order valence-corrected chi connectivity index (χ0v) is 19.4. The number of alkyl carbamates (subject to hydrolysis) is 1. The van der Waals surface area contributed by atoms with E-state index >= 15 is 0 Å². The summed E-state index contributed by atoms with van der Waals surface area (Å²) < 4.78 is 5.59. The molecule has 0 heterocycles. The molecule has 7 heteroatoms. The van der Waals surface area contributed by atoms with E-state index in [9.17, 15) is 19.5 Å². The maximum absolute atomic E-state index is 12.9. The molecule has 0 aliphatic heterocycles. The van der Waals surface area contributed by atoms with Crippen LogP contribution >= 0.6 is 0 Å². The summed E-state index contributed by atoms with van der Waals surface area (Å²) in [4.78, 5) is 37.1. The molecular weight excluding hydrogens is 420 g/mol. The standard InChI is InChI=1S/C26H32N2O5/c1-4-10-22(23(29)30)27-24(31)26(3,15-5-2)28-25(32)33-16-21-19-13-8-6-11-17(19)18-12-7-9-14-20(18)21/h6-9,11-14,21-22H,4-5,10,15-16H2,1-3H3,(H,27,31)(H,28,32)(H,29,30)/t22-,26?/m1/s1. The summed E-state index contributed by atoms with van der Waals surface area (Å²) in [6, 6.07) is 15.1. The summed E-state index contributed by atoms with van der Waals surface area (Å²) >= 11 is 0. The van der Waals surface area contributed by atoms with Gasteiger partial charge in [0.15, 0.2) is 0 Å². The van der Waals surface area contributed by atoms with Gasteiger partial charge >= 0.3 is 12.1 Å². The van der Waals surface area contributed by atoms with Crippen molar-refractivity contribution in [3.63, 3.8) is 0 Å². The summed E-state index contributed by atoms with van der Waals surface area (Å²) in [5.41, 5.74) is 3.19. The van der Waals surface area contributed by atoms with Crippen molar-refractivity contribution in [1.29, 1.82) is 0 Å². The first-order valence-electron chi connectivity index (χ1n) is 11.5. The molecule has 0 aromatic heterocycles. The topological polar surface area (TPSA) is 105 Å². The van der Waals surface area contributed by atoms with Gasteiger partial charge in [0.2, 0.25) is 5.91 Å². The minimum absolute atomic E-state index is 0.0876. The molecule has 2 amide bonds. The molecule has 1 unspecified atom stereocenters. The van der Waals surface area contributed by atoms with E-state index < -0.39 is 29.6 Å². The zero-order chi connectivity index (χ0) is 24.0. The van der Waals surface area contributed by atoms with E-state index in [4.69, 9.17) is 4.74 Å². The van der Waals surface area contributed by atoms with Gasteiger partial charge in [-0.25, -0.2) is 9.59 Å². The van der Waals surface area contributed by atoms with E-state index in [1.165, 1.54) is 0 Å². The van der Waals surface area contributed by atoms with Gasteiger partial charge in [0, 0.05) is 5.92 Å². The van der Waals surface area contributed by atoms with E-state index in [0.717, 1.165) is 22.3 Å². The number of carboxylic acid groups (broad SMARTS) is 1. The minimum Gasteiger partial charge on any atom is -0.480 e. The highest BCUT2D eigenvalue weighted by atomic mass is 16.5. The van der Waals surface area contributed by atoms with Crippen LogP contribution in [-0.4, -0.2) is 41.3 Å². The fraction of sp³-hybridized carbons (Fsp3) is 0.423. The smallest absolute Gasteiger partial charge is 0.408 e. The summed E-state index contributed by atoms with van der Waals surface area (Å²) in [7, 11) is 0. The van der Waals surface area contributed by atoms with Crippen LogP contribution in [0, 0.1) is 0 Å². The number of fused-ring (bicyclic) bond motifs is 3. The predicted octanol–water partition coefficient (Wildman–Crippen LogP) is 4.45. The Bertz CT molecular complexity index is 976. The molecular formula is C26H32N2O5. The number of aliphatic carboxylic acids is 1. The highest BCUT2D eigenvalue weighted by Gasteiger charge is 2.37. The Hall–Kier alpha value is -3.35. The fourth-order valence-electron chi connectivity index (χ4n) is 4.46. The molecule has 2 aromatic carbocycles. The van der Waals surface area contributed by atoms with Gasteiger partial charge in [-0.15, -0.1) is 0 Å². The third-order valence-electron chi connectivity index (χ3n) is 6.15. The number of benzene rings is 2. The molecule has 3 N–H and O–H groups in total. The highest BCUT2D eigenvalue weighted by molar-refractivity contribution is 5.92. The van der Waals surface area contributed by atoms with E-state index in [1.54, 1.807) is 6.92 Å². The van der Waals surface area contributed by atoms with Crippen molar-refractivity contribution in [1.82, 2.24) is 10.6 Å². The van der Waals surface area contributed by atoms with Crippen LogP contribution in [0.15, 0.2) is 48.5 Å². The Balaban J connectivity index is 1.69. The lowest BCUT2D eigenvalue weighted by atomic mass is 9.94. The average molecular weight is 453 g/mol. The van der Waals surface area contributed by atoms with E-state index in [0.29, 0.717) is 25.7 Å². The lowest BCUT2D eigenvalue weighted by Gasteiger charge is -2.30. The molecule has 0 saturated heterocycles. The summed E-state index contributed by atoms with van der Waals surface area (Å²) in [6.45, 7) is 5.48. The Morgan fingerprint density at radius 3 is 2.09 bits per heavy atom. The van der Waals surface area contributed by atoms with Gasteiger partial charge in [0.05, 0.1) is 0 Å². The van der Waals surface area contributed by atoms with E-state index in [-0.39, 0.29) is 12.5 Å². The van der Waals surface area contributed by atoms with Crippen LogP contribution in [0.2, 0.25) is 0 Å². The number of nitrogens with one attached hydrogen (secondary N) is 2. The van der Waals surface area contributed by atoms with Gasteiger partial charge in [-0.05, 0) is 42.0 Å². The minimum atomic E-state index is -1.28. The van der Waals surface area contributed by atoms with Gasteiger partial charge < -0.3 is 20.5 Å². The molecule has 7 nitrogen and oxygen atoms in total. The second-order valence-electron chi connectivity index (χ2n) is 8.69. The second kappa shape index (κ2) is 10.5. The quantitative estimate of drug-likeness (QED) is 0.494. The summed E-state index contributed by atoms with van der Waals surface area (Å²) in [5.74, 6) is -1.71. The Kier molecular flexibility index (Phi) is 7.74. The lowest BCUT2D eigenvalue weighted by molar-refractivity contribution is -0.143. The summed E-state index contributed by atoms with van der Waals surface area (Å²) in [5, 5.41) is 14.6. The number of rotatable bonds is 10. The molecule has 176 valence electrons. The largest absolute Gasteiger partial charge is 0.480 e. The van der Waals surface area contributed by atoms with Crippen LogP contribution in [0.3, 0.4) is 0 Å². The Labute approximate surface area is 194 Å². The van der Waals surface area contributed by atoms with Crippen LogP contribution in [0.5, 0.6) is 0 Å². The zero-order valence-electron chi connectivity index (χ0n) is 19.4. The molecule has 0 bridgehead atoms. The van der Waals surface area contributed by atoms with Gasteiger partial charge in [-0.1, -0.05) is 75.2 Å². The fourth-order valence-corrected chi connectivity index (χ4v) is 4.46. The Morgan fingerprint density at radius 1 is 1.00 bits per heavy atom. The number of amides is 2. The van der Waals surface area contributed by atoms with E-state index in [2.05, 4.69) is 22.8 Å². The number of hydrogen-bond donors (Lipinski definition) is 3. The molecule has 0 fully saturated rings. The second-order valence-corrected chi connectivity index (χ2v) is 8.69. The maximum Gasteiger partial charge on any atom is 0.408 e. The third-order valence-corrected chi connectivity index (χ3v) is 6.15. The molecule has 0 spiro atoms. The van der Waals surface area contributed by atoms with Gasteiger partial charge in [0.25, 0.3) is 0 Å². The summed E-state index contributed by atoms with van der Waals surface area (Å²) in [6.07, 6.45) is 1.20. The highest BCUT2D eigenvalue weighted by Crippen LogP contribution is 2.44. The van der Waals surface area contributed by atoms with Crippen molar-refractivity contribution < 1.29 is 24.2 Å². The van der Waals surface area contributed by atoms with Gasteiger partial charge in [-0.2, -0.15) is 0 Å². The molecule has 2 atom stereocenters. The molecule has 3 rings (SSSR count). The number of carboxylic acids is 1. The number of ether oxygens (including phenoxy) is 1. The van der Waals surface area contributed by atoms with Crippen molar-refractivity contribution in [2.45, 2.75) is 64.0 Å². The SMILES string of the molecule is CCC[C@@H](NC(=O)C(C)(CCC)NC(=O)OCC1c2ccccc2-c2ccccc21)C(=O)O. The van der Waals surface area contributed by atoms with Crippen molar-refractivity contribution in [2.75, 3.05) is 6.61 Å². The molecule has 1 aliphatic carbocycles. The molecule has 0 radical (unpaired) electrons. The van der Waals surface area contributed by atoms with E-state index in [1.807, 2.05) is 50.2 Å². The molecule has 1 aliphatic rings. The van der Waals surface area contributed by atoms with Gasteiger partial charge in [0.1, 0.15) is 18.2 Å². The monoisotopic (exact) mass is 452 g/mol. The van der Waals surface area contributed by atoms with Crippen LogP contribution in [0.25, 0.3) is 11.1 Å². The molecule has 2 aromatic rings. The number of carbonyl (C=O) groups excluding carboxylic acids is 2. The average Bonchev–Trinajstić information content (AvgIpc) is 3.11. The van der Waals surface area contributed by atoms with Crippen LogP contribution < -0.4 is 10.6 Å². The number of hydrogen-bond acceptors (Lipinski definition) is 4. The first kappa shape index (κ1) is 24.3. The van der Waals surface area contributed by atoms with Crippen molar-refractivity contribution in [2.24, 2.45) is 0 Å². The maximum atomic E-state index is 12.9.